The summed E-state index contributed by atoms with van der Waals surface area (Å²) < 4.78 is 4.85. The normalized spacial score (nSPS) is 10.4. The maximum Gasteiger partial charge on any atom is 0.311 e. The van der Waals surface area contributed by atoms with Gasteiger partial charge < -0.3 is 4.74 Å². The fraction of sp³-hybridized carbons (Fsp3) is 0.222. The Kier molecular flexibility index (Phi) is 3.17. The van der Waals surface area contributed by atoms with Crippen molar-refractivity contribution in [2.24, 2.45) is 4.99 Å². The second kappa shape index (κ2) is 4.36. The molecule has 0 spiro atoms. The van der Waals surface area contributed by atoms with Gasteiger partial charge in [-0.25, -0.2) is 0 Å². The molecule has 0 atom stereocenters. The molecule has 0 aliphatic rings. The predicted octanol–water partition coefficient (Wildman–Crippen LogP) is 1.65. The van der Waals surface area contributed by atoms with Crippen LogP contribution in [0.15, 0.2) is 23.2 Å². The lowest BCUT2D eigenvalue weighted by Crippen LogP contribution is -1.95. The van der Waals surface area contributed by atoms with Crippen molar-refractivity contribution in [1.29, 1.82) is 0 Å². The molecule has 74 valence electrons. The van der Waals surface area contributed by atoms with Gasteiger partial charge in [0.15, 0.2) is 5.75 Å². The molecule has 0 unspecified atom stereocenters. The lowest BCUT2D eigenvalue weighted by atomic mass is 10.2. The van der Waals surface area contributed by atoms with E-state index < -0.39 is 4.92 Å². The number of nitrogens with zero attached hydrogens (tertiary/aromatic N) is 2. The Morgan fingerprint density at radius 1 is 1.57 bits per heavy atom. The minimum absolute atomic E-state index is 0.0510. The molecule has 0 aliphatic heterocycles. The molecule has 0 radical (unpaired) electrons. The molecule has 0 fully saturated rings. The van der Waals surface area contributed by atoms with E-state index in [2.05, 4.69) is 4.99 Å². The fourth-order valence-corrected chi connectivity index (χ4v) is 1.08. The third-order valence-corrected chi connectivity index (χ3v) is 1.68. The van der Waals surface area contributed by atoms with Crippen molar-refractivity contribution in [2.45, 2.75) is 0 Å². The quantitative estimate of drug-likeness (QED) is 0.417. The van der Waals surface area contributed by atoms with Crippen LogP contribution in [0.5, 0.6) is 5.75 Å². The minimum atomic E-state index is -0.480. The molecule has 0 bridgehead atoms. The van der Waals surface area contributed by atoms with Crippen molar-refractivity contribution in [3.63, 3.8) is 0 Å². The Balaban J connectivity index is 3.20. The van der Waals surface area contributed by atoms with Gasteiger partial charge in [0.25, 0.3) is 0 Å². The van der Waals surface area contributed by atoms with Gasteiger partial charge in [0, 0.05) is 19.3 Å². The van der Waals surface area contributed by atoms with E-state index in [0.717, 1.165) is 0 Å². The Morgan fingerprint density at radius 2 is 2.29 bits per heavy atom. The van der Waals surface area contributed by atoms with E-state index in [0.29, 0.717) is 5.56 Å². The van der Waals surface area contributed by atoms with E-state index >= 15 is 0 Å². The highest BCUT2D eigenvalue weighted by Crippen LogP contribution is 2.26. The second-order valence-corrected chi connectivity index (χ2v) is 2.58. The molecule has 5 heteroatoms. The van der Waals surface area contributed by atoms with E-state index in [4.69, 9.17) is 4.74 Å². The van der Waals surface area contributed by atoms with Crippen LogP contribution in [0.4, 0.5) is 5.69 Å². The molecule has 0 saturated carbocycles. The number of hydrogen-bond donors (Lipinski definition) is 0. The number of methoxy groups -OCH3 is 1. The van der Waals surface area contributed by atoms with Gasteiger partial charge in [-0.05, 0) is 17.7 Å². The Hall–Kier alpha value is -1.91. The third kappa shape index (κ3) is 2.07. The summed E-state index contributed by atoms with van der Waals surface area (Å²) in [6.07, 6.45) is 1.55. The Labute approximate surface area is 81.2 Å². The van der Waals surface area contributed by atoms with Crippen LogP contribution in [0.1, 0.15) is 5.56 Å². The van der Waals surface area contributed by atoms with Crippen LogP contribution in [0.3, 0.4) is 0 Å². The summed E-state index contributed by atoms with van der Waals surface area (Å²) in [5.74, 6) is 0.253. The fourth-order valence-electron chi connectivity index (χ4n) is 1.08. The van der Waals surface area contributed by atoms with Gasteiger partial charge in [0.05, 0.1) is 12.0 Å². The molecule has 1 rings (SSSR count). The molecule has 1 aromatic carbocycles. The van der Waals surface area contributed by atoms with E-state index in [1.165, 1.54) is 13.2 Å². The summed E-state index contributed by atoms with van der Waals surface area (Å²) in [4.78, 5) is 13.9. The van der Waals surface area contributed by atoms with Gasteiger partial charge >= 0.3 is 5.69 Å². The lowest BCUT2D eigenvalue weighted by molar-refractivity contribution is -0.385. The molecule has 0 saturated heterocycles. The third-order valence-electron chi connectivity index (χ3n) is 1.68. The smallest absolute Gasteiger partial charge is 0.311 e. The standard InChI is InChI=1S/C9H10N2O3/c1-10-6-7-3-4-9(14-2)8(5-7)11(12)13/h3-6H,1-2H3. The highest BCUT2D eigenvalue weighted by molar-refractivity contribution is 5.81. The minimum Gasteiger partial charge on any atom is -0.490 e. The maximum atomic E-state index is 10.6. The number of benzene rings is 1. The number of nitro benzene ring substituents is 1. The van der Waals surface area contributed by atoms with E-state index in [1.807, 2.05) is 0 Å². The Morgan fingerprint density at radius 3 is 2.79 bits per heavy atom. The van der Waals surface area contributed by atoms with Crippen LogP contribution in [-0.4, -0.2) is 25.3 Å². The summed E-state index contributed by atoms with van der Waals surface area (Å²) in [6, 6.07) is 4.68. The highest BCUT2D eigenvalue weighted by atomic mass is 16.6. The predicted molar refractivity (Wildman–Crippen MR) is 53.2 cm³/mol. The van der Waals surface area contributed by atoms with Crippen molar-refractivity contribution < 1.29 is 9.66 Å². The van der Waals surface area contributed by atoms with Crippen molar-refractivity contribution in [1.82, 2.24) is 0 Å². The molecule has 0 N–H and O–H groups in total. The molecule has 5 nitrogen and oxygen atoms in total. The van der Waals surface area contributed by atoms with Crippen LogP contribution >= 0.6 is 0 Å². The van der Waals surface area contributed by atoms with Crippen LogP contribution in [0.25, 0.3) is 0 Å². The van der Waals surface area contributed by atoms with E-state index in [9.17, 15) is 10.1 Å². The van der Waals surface area contributed by atoms with Crippen LogP contribution in [0, 0.1) is 10.1 Å². The summed E-state index contributed by atoms with van der Waals surface area (Å²) >= 11 is 0. The number of nitro groups is 1. The van der Waals surface area contributed by atoms with Gasteiger partial charge in [-0.1, -0.05) is 0 Å². The second-order valence-electron chi connectivity index (χ2n) is 2.58. The molecular formula is C9H10N2O3. The first-order valence-electron chi connectivity index (χ1n) is 3.93. The number of aliphatic imine (C=N–C) groups is 1. The van der Waals surface area contributed by atoms with E-state index in [1.54, 1.807) is 25.4 Å². The summed E-state index contributed by atoms with van der Waals surface area (Å²) in [7, 11) is 3.01. The summed E-state index contributed by atoms with van der Waals surface area (Å²) in [5, 5.41) is 10.6. The zero-order valence-electron chi connectivity index (χ0n) is 7.93. The van der Waals surface area contributed by atoms with Crippen molar-refractivity contribution in [2.75, 3.05) is 14.2 Å². The zero-order valence-corrected chi connectivity index (χ0v) is 7.93. The summed E-state index contributed by atoms with van der Waals surface area (Å²) in [6.45, 7) is 0. The topological polar surface area (TPSA) is 64.7 Å². The van der Waals surface area contributed by atoms with Crippen molar-refractivity contribution >= 4 is 11.9 Å². The average molecular weight is 194 g/mol. The average Bonchev–Trinajstić information content (AvgIpc) is 2.18. The maximum absolute atomic E-state index is 10.6. The SMILES string of the molecule is CN=Cc1ccc(OC)c([N+](=O)[O-])c1. The first-order chi connectivity index (χ1) is 6.69. The molecule has 0 amide bonds. The van der Waals surface area contributed by atoms with Gasteiger partial charge in [-0.3, -0.25) is 15.1 Å². The van der Waals surface area contributed by atoms with Crippen molar-refractivity contribution in [3.05, 3.63) is 33.9 Å². The first-order valence-corrected chi connectivity index (χ1v) is 3.93. The van der Waals surface area contributed by atoms with Crippen LogP contribution in [0.2, 0.25) is 0 Å². The molecule has 0 heterocycles. The van der Waals surface area contributed by atoms with Gasteiger partial charge in [0.2, 0.25) is 0 Å². The van der Waals surface area contributed by atoms with Crippen molar-refractivity contribution in [3.8, 4) is 5.75 Å². The largest absolute Gasteiger partial charge is 0.490 e. The monoisotopic (exact) mass is 194 g/mol. The van der Waals surface area contributed by atoms with Crippen LogP contribution in [-0.2, 0) is 0 Å². The molecule has 1 aromatic rings. The first kappa shape index (κ1) is 10.2. The number of rotatable bonds is 3. The van der Waals surface area contributed by atoms with E-state index in [-0.39, 0.29) is 11.4 Å². The molecule has 14 heavy (non-hydrogen) atoms. The number of hydrogen-bond acceptors (Lipinski definition) is 4. The number of ether oxygens (including phenoxy) is 1. The lowest BCUT2D eigenvalue weighted by Gasteiger charge is -2.01. The van der Waals surface area contributed by atoms with Crippen LogP contribution < -0.4 is 4.74 Å². The van der Waals surface area contributed by atoms with Gasteiger partial charge in [0.1, 0.15) is 0 Å². The molecule has 0 aliphatic carbocycles. The molecular weight excluding hydrogens is 184 g/mol. The summed E-state index contributed by atoms with van der Waals surface area (Å²) in [5.41, 5.74) is 0.630. The van der Waals surface area contributed by atoms with Gasteiger partial charge in [-0.15, -0.1) is 0 Å². The van der Waals surface area contributed by atoms with Gasteiger partial charge in [-0.2, -0.15) is 0 Å². The zero-order chi connectivity index (χ0) is 10.6. The highest BCUT2D eigenvalue weighted by Gasteiger charge is 2.14. The molecule has 0 aromatic heterocycles. The Bertz CT molecular complexity index is 374.